The lowest BCUT2D eigenvalue weighted by molar-refractivity contribution is -0.107. The summed E-state index contributed by atoms with van der Waals surface area (Å²) in [6.07, 6.45) is 3.77. The Bertz CT molecular complexity index is 216. The quantitative estimate of drug-likeness (QED) is 0.551. The van der Waals surface area contributed by atoms with Crippen molar-refractivity contribution in [3.8, 4) is 0 Å². The summed E-state index contributed by atoms with van der Waals surface area (Å²) in [6.45, 7) is 6.37. The van der Waals surface area contributed by atoms with E-state index in [0.29, 0.717) is 6.29 Å². The number of nitrogens with one attached hydrogen (secondary N) is 1. The van der Waals surface area contributed by atoms with Crippen LogP contribution in [-0.4, -0.2) is 25.5 Å². The van der Waals surface area contributed by atoms with Crippen molar-refractivity contribution in [3.05, 3.63) is 12.2 Å². The van der Waals surface area contributed by atoms with Crippen molar-refractivity contribution >= 4 is 12.4 Å². The molecule has 0 unspecified atom stereocenters. The number of rotatable bonds is 4. The van der Waals surface area contributed by atoms with Crippen molar-refractivity contribution < 1.29 is 14.3 Å². The molecule has 4 nitrogen and oxygen atoms in total. The minimum atomic E-state index is -0.573. The summed E-state index contributed by atoms with van der Waals surface area (Å²) in [4.78, 5) is 20.7. The summed E-state index contributed by atoms with van der Waals surface area (Å²) in [5.74, 6) is 0. The molecule has 80 valence electrons. The third-order valence-corrected chi connectivity index (χ3v) is 1.26. The van der Waals surface area contributed by atoms with E-state index < -0.39 is 6.09 Å². The van der Waals surface area contributed by atoms with Gasteiger partial charge in [0.25, 0.3) is 0 Å². The molecule has 0 spiro atoms. The van der Waals surface area contributed by atoms with Crippen LogP contribution in [0.1, 0.15) is 20.8 Å². The van der Waals surface area contributed by atoms with Gasteiger partial charge >= 0.3 is 6.09 Å². The molecule has 0 saturated carbocycles. The lowest BCUT2D eigenvalue weighted by Crippen LogP contribution is -2.26. The second-order valence-corrected chi connectivity index (χ2v) is 3.91. The first kappa shape index (κ1) is 12.7. The highest BCUT2D eigenvalue weighted by molar-refractivity contribution is 5.70. The van der Waals surface area contributed by atoms with Gasteiger partial charge in [-0.1, -0.05) is 32.9 Å². The minimum Gasteiger partial charge on any atom is -0.445 e. The molecule has 0 aromatic rings. The van der Waals surface area contributed by atoms with Gasteiger partial charge in [0.1, 0.15) is 12.9 Å². The van der Waals surface area contributed by atoms with Crippen LogP contribution >= 0.6 is 0 Å². The monoisotopic (exact) mass is 199 g/mol. The molecule has 14 heavy (non-hydrogen) atoms. The van der Waals surface area contributed by atoms with Crippen molar-refractivity contribution in [3.63, 3.8) is 0 Å². The standard InChI is InChI=1S/C10H17NO3/c1-10(2,3)5-4-8-14-9(13)11-6-7-12/h4-5,7H,6,8H2,1-3H3,(H,11,13). The zero-order chi connectivity index (χ0) is 11.0. The van der Waals surface area contributed by atoms with Crippen LogP contribution in [-0.2, 0) is 9.53 Å². The summed E-state index contributed by atoms with van der Waals surface area (Å²) < 4.78 is 4.74. The molecule has 4 heteroatoms. The Morgan fingerprint density at radius 1 is 1.43 bits per heavy atom. The first-order valence-electron chi connectivity index (χ1n) is 4.47. The SMILES string of the molecule is CC(C)(C)C=CCOC(=O)NCC=O. The first-order chi connectivity index (χ1) is 6.45. The molecule has 0 rings (SSSR count). The smallest absolute Gasteiger partial charge is 0.407 e. The fourth-order valence-corrected chi connectivity index (χ4v) is 0.701. The van der Waals surface area contributed by atoms with Gasteiger partial charge in [-0.2, -0.15) is 0 Å². The van der Waals surface area contributed by atoms with Gasteiger partial charge in [-0.3, -0.25) is 0 Å². The van der Waals surface area contributed by atoms with Gasteiger partial charge in [0.2, 0.25) is 0 Å². The van der Waals surface area contributed by atoms with Crippen molar-refractivity contribution in [2.75, 3.05) is 13.2 Å². The molecule has 1 amide bonds. The van der Waals surface area contributed by atoms with E-state index in [9.17, 15) is 9.59 Å². The fraction of sp³-hybridized carbons (Fsp3) is 0.600. The molecule has 0 atom stereocenters. The van der Waals surface area contributed by atoms with E-state index in [4.69, 9.17) is 4.74 Å². The molecule has 0 aromatic heterocycles. The lowest BCUT2D eigenvalue weighted by atomic mass is 9.96. The maximum absolute atomic E-state index is 10.8. The normalized spacial score (nSPS) is 11.4. The Morgan fingerprint density at radius 3 is 2.57 bits per heavy atom. The van der Waals surface area contributed by atoms with Crippen LogP contribution in [0.2, 0.25) is 0 Å². The van der Waals surface area contributed by atoms with Crippen molar-refractivity contribution in [1.82, 2.24) is 5.32 Å². The minimum absolute atomic E-state index is 0.0121. The lowest BCUT2D eigenvalue weighted by Gasteiger charge is -2.10. The summed E-state index contributed by atoms with van der Waals surface area (Å²) >= 11 is 0. The molecule has 0 aliphatic heterocycles. The van der Waals surface area contributed by atoms with Crippen LogP contribution in [0.4, 0.5) is 4.79 Å². The Kier molecular flexibility index (Phi) is 5.60. The molecule has 0 aliphatic rings. The first-order valence-corrected chi connectivity index (χ1v) is 4.47. The van der Waals surface area contributed by atoms with Crippen molar-refractivity contribution in [2.24, 2.45) is 5.41 Å². The molecule has 0 radical (unpaired) electrons. The molecule has 1 N–H and O–H groups in total. The maximum atomic E-state index is 10.8. The summed E-state index contributed by atoms with van der Waals surface area (Å²) in [7, 11) is 0. The molecular formula is C10H17NO3. The van der Waals surface area contributed by atoms with E-state index in [1.165, 1.54) is 0 Å². The number of carbonyl (C=O) groups excluding carboxylic acids is 2. The highest BCUT2D eigenvalue weighted by Gasteiger charge is 2.03. The topological polar surface area (TPSA) is 55.4 Å². The van der Waals surface area contributed by atoms with E-state index in [-0.39, 0.29) is 18.6 Å². The maximum Gasteiger partial charge on any atom is 0.407 e. The Hall–Kier alpha value is -1.32. The molecule has 0 fully saturated rings. The van der Waals surface area contributed by atoms with Gasteiger partial charge < -0.3 is 14.8 Å². The number of amides is 1. The van der Waals surface area contributed by atoms with Crippen LogP contribution < -0.4 is 5.32 Å². The second-order valence-electron chi connectivity index (χ2n) is 3.91. The molecular weight excluding hydrogens is 182 g/mol. The Balaban J connectivity index is 3.59. The summed E-state index contributed by atoms with van der Waals surface area (Å²) in [5, 5.41) is 2.27. The Morgan fingerprint density at radius 2 is 2.07 bits per heavy atom. The number of aldehydes is 1. The van der Waals surface area contributed by atoms with Crippen molar-refractivity contribution in [1.29, 1.82) is 0 Å². The van der Waals surface area contributed by atoms with E-state index in [1.54, 1.807) is 6.08 Å². The van der Waals surface area contributed by atoms with E-state index in [0.717, 1.165) is 0 Å². The van der Waals surface area contributed by atoms with E-state index >= 15 is 0 Å². The number of carbonyl (C=O) groups is 2. The van der Waals surface area contributed by atoms with Gasteiger partial charge in [-0.05, 0) is 5.41 Å². The van der Waals surface area contributed by atoms with Gasteiger partial charge in [-0.15, -0.1) is 0 Å². The number of hydrogen-bond donors (Lipinski definition) is 1. The Labute approximate surface area is 84.3 Å². The molecule has 0 aromatic carbocycles. The van der Waals surface area contributed by atoms with Crippen molar-refractivity contribution in [2.45, 2.75) is 20.8 Å². The second kappa shape index (κ2) is 6.18. The summed E-state index contributed by atoms with van der Waals surface area (Å²) in [5.41, 5.74) is 0.0859. The number of ether oxygens (including phenoxy) is 1. The van der Waals surface area contributed by atoms with E-state index in [2.05, 4.69) is 26.1 Å². The molecule has 0 heterocycles. The van der Waals surface area contributed by atoms with Crippen LogP contribution in [0, 0.1) is 5.41 Å². The highest BCUT2D eigenvalue weighted by Crippen LogP contribution is 2.13. The zero-order valence-corrected chi connectivity index (χ0v) is 8.87. The number of allylic oxidation sites excluding steroid dienone is 1. The summed E-state index contributed by atoms with van der Waals surface area (Å²) in [6, 6.07) is 0. The molecule has 0 saturated heterocycles. The number of hydrogen-bond acceptors (Lipinski definition) is 3. The van der Waals surface area contributed by atoms with Crippen LogP contribution in [0.5, 0.6) is 0 Å². The predicted octanol–water partition coefficient (Wildman–Crippen LogP) is 1.51. The largest absolute Gasteiger partial charge is 0.445 e. The zero-order valence-electron chi connectivity index (χ0n) is 8.87. The van der Waals surface area contributed by atoms with Gasteiger partial charge in [0, 0.05) is 0 Å². The highest BCUT2D eigenvalue weighted by atomic mass is 16.5. The van der Waals surface area contributed by atoms with Gasteiger partial charge in [0.05, 0.1) is 6.54 Å². The van der Waals surface area contributed by atoms with Gasteiger partial charge in [-0.25, -0.2) is 4.79 Å². The van der Waals surface area contributed by atoms with E-state index in [1.807, 2.05) is 6.08 Å². The molecule has 0 bridgehead atoms. The third-order valence-electron chi connectivity index (χ3n) is 1.26. The van der Waals surface area contributed by atoms with Crippen LogP contribution in [0.15, 0.2) is 12.2 Å². The number of alkyl carbamates (subject to hydrolysis) is 1. The van der Waals surface area contributed by atoms with Crippen LogP contribution in [0.25, 0.3) is 0 Å². The fourth-order valence-electron chi connectivity index (χ4n) is 0.701. The average molecular weight is 199 g/mol. The third kappa shape index (κ3) is 8.77. The van der Waals surface area contributed by atoms with Gasteiger partial charge in [0.15, 0.2) is 0 Å². The molecule has 0 aliphatic carbocycles. The van der Waals surface area contributed by atoms with Crippen LogP contribution in [0.3, 0.4) is 0 Å². The predicted molar refractivity (Wildman–Crippen MR) is 54.0 cm³/mol. The average Bonchev–Trinajstić information content (AvgIpc) is 2.07.